The largest absolute Gasteiger partial charge is 0.362 e. The Bertz CT molecular complexity index is 268. The van der Waals surface area contributed by atoms with Crippen LogP contribution in [0.4, 0.5) is 0 Å². The molecule has 0 radical (unpaired) electrons. The van der Waals surface area contributed by atoms with Crippen LogP contribution >= 0.6 is 12.4 Å². The molecule has 1 heterocycles. The van der Waals surface area contributed by atoms with Crippen LogP contribution in [0.2, 0.25) is 0 Å². The van der Waals surface area contributed by atoms with Gasteiger partial charge < -0.3 is 9.80 Å². The lowest BCUT2D eigenvalue weighted by atomic mass is 10.0. The number of hydrogen-bond acceptors (Lipinski definition) is 2. The predicted octanol–water partition coefficient (Wildman–Crippen LogP) is 6.57. The van der Waals surface area contributed by atoms with Gasteiger partial charge in [-0.05, 0) is 6.42 Å². The molecule has 0 aliphatic carbocycles. The fourth-order valence-corrected chi connectivity index (χ4v) is 3.24. The third-order valence-electron chi connectivity index (χ3n) is 4.74. The van der Waals surface area contributed by atoms with Crippen molar-refractivity contribution < 1.29 is 0 Å². The molecular formula is C20H41ClN2. The lowest BCUT2D eigenvalue weighted by molar-refractivity contribution is 0.290. The molecule has 0 aromatic heterocycles. The molecule has 23 heavy (non-hydrogen) atoms. The second-order valence-corrected chi connectivity index (χ2v) is 7.11. The summed E-state index contributed by atoms with van der Waals surface area (Å²) in [6.07, 6.45) is 24.6. The Balaban J connectivity index is 0.00000484. The summed E-state index contributed by atoms with van der Waals surface area (Å²) in [5, 5.41) is 0. The molecule has 0 N–H and O–H groups in total. The second kappa shape index (κ2) is 16.5. The van der Waals surface area contributed by atoms with Crippen molar-refractivity contribution in [2.24, 2.45) is 0 Å². The first-order valence-corrected chi connectivity index (χ1v) is 9.95. The fraction of sp³-hybridized carbons (Fsp3) is 0.900. The number of nitrogens with zero attached hydrogens (tertiary/aromatic N) is 2. The first kappa shape index (κ1) is 22.6. The zero-order chi connectivity index (χ0) is 15.9. The molecule has 1 rings (SSSR count). The minimum atomic E-state index is 0. The summed E-state index contributed by atoms with van der Waals surface area (Å²) in [7, 11) is 2.14. The van der Waals surface area contributed by atoms with E-state index in [0.717, 1.165) is 6.67 Å². The van der Waals surface area contributed by atoms with Gasteiger partial charge in [0.1, 0.15) is 0 Å². The van der Waals surface area contributed by atoms with Crippen LogP contribution in [0.15, 0.2) is 12.4 Å². The highest BCUT2D eigenvalue weighted by atomic mass is 35.5. The van der Waals surface area contributed by atoms with E-state index >= 15 is 0 Å². The van der Waals surface area contributed by atoms with E-state index < -0.39 is 0 Å². The Morgan fingerprint density at radius 1 is 0.652 bits per heavy atom. The molecule has 0 aromatic carbocycles. The van der Waals surface area contributed by atoms with Gasteiger partial charge in [0.25, 0.3) is 0 Å². The number of halogens is 1. The molecule has 1 aliphatic rings. The van der Waals surface area contributed by atoms with Gasteiger partial charge in [0.2, 0.25) is 0 Å². The van der Waals surface area contributed by atoms with Crippen LogP contribution in [0.1, 0.15) is 96.8 Å². The van der Waals surface area contributed by atoms with E-state index in [1.165, 1.54) is 96.4 Å². The Kier molecular flexibility index (Phi) is 16.2. The Morgan fingerprint density at radius 3 is 1.48 bits per heavy atom. The van der Waals surface area contributed by atoms with Gasteiger partial charge in [0, 0.05) is 26.0 Å². The Hall–Kier alpha value is -0.370. The van der Waals surface area contributed by atoms with Crippen LogP contribution in [-0.2, 0) is 0 Å². The van der Waals surface area contributed by atoms with Crippen molar-refractivity contribution >= 4 is 12.4 Å². The van der Waals surface area contributed by atoms with Crippen LogP contribution in [0.5, 0.6) is 0 Å². The van der Waals surface area contributed by atoms with Gasteiger partial charge in [0.05, 0.1) is 6.67 Å². The minimum Gasteiger partial charge on any atom is -0.362 e. The van der Waals surface area contributed by atoms with Crippen LogP contribution < -0.4 is 0 Å². The van der Waals surface area contributed by atoms with Crippen molar-refractivity contribution in [2.75, 3.05) is 20.3 Å². The summed E-state index contributed by atoms with van der Waals surface area (Å²) < 4.78 is 0. The van der Waals surface area contributed by atoms with Gasteiger partial charge >= 0.3 is 0 Å². The zero-order valence-corrected chi connectivity index (χ0v) is 16.6. The van der Waals surface area contributed by atoms with Crippen molar-refractivity contribution in [3.63, 3.8) is 0 Å². The third kappa shape index (κ3) is 13.7. The highest BCUT2D eigenvalue weighted by Crippen LogP contribution is 2.13. The SMILES string of the molecule is CCCCCCCCCCCCCCCCN1C=CN(C)C1.Cl. The number of unbranched alkanes of at least 4 members (excludes halogenated alkanes) is 13. The smallest absolute Gasteiger partial charge is 0.0890 e. The average Bonchev–Trinajstić information content (AvgIpc) is 2.93. The van der Waals surface area contributed by atoms with E-state index in [2.05, 4.69) is 36.2 Å². The molecule has 3 heteroatoms. The Labute approximate surface area is 152 Å². The van der Waals surface area contributed by atoms with Gasteiger partial charge in [-0.3, -0.25) is 0 Å². The van der Waals surface area contributed by atoms with E-state index in [1.807, 2.05) is 0 Å². The molecule has 0 aromatic rings. The molecule has 1 aliphatic heterocycles. The topological polar surface area (TPSA) is 6.48 Å². The monoisotopic (exact) mass is 344 g/mol. The summed E-state index contributed by atoms with van der Waals surface area (Å²) in [6, 6.07) is 0. The first-order valence-electron chi connectivity index (χ1n) is 9.95. The summed E-state index contributed by atoms with van der Waals surface area (Å²) >= 11 is 0. The molecule has 0 atom stereocenters. The molecule has 0 unspecified atom stereocenters. The summed E-state index contributed by atoms with van der Waals surface area (Å²) in [6.45, 7) is 4.61. The quantitative estimate of drug-likeness (QED) is 0.310. The molecule has 0 bridgehead atoms. The van der Waals surface area contributed by atoms with E-state index in [1.54, 1.807) is 0 Å². The lowest BCUT2D eigenvalue weighted by Crippen LogP contribution is -2.23. The maximum atomic E-state index is 2.42. The third-order valence-corrected chi connectivity index (χ3v) is 4.74. The lowest BCUT2D eigenvalue weighted by Gasteiger charge is -2.17. The van der Waals surface area contributed by atoms with Gasteiger partial charge in [0.15, 0.2) is 0 Å². The van der Waals surface area contributed by atoms with Gasteiger partial charge in [-0.1, -0.05) is 90.4 Å². The van der Waals surface area contributed by atoms with Crippen LogP contribution in [-0.4, -0.2) is 30.1 Å². The van der Waals surface area contributed by atoms with Gasteiger partial charge in [-0.2, -0.15) is 0 Å². The predicted molar refractivity (Wildman–Crippen MR) is 106 cm³/mol. The van der Waals surface area contributed by atoms with Crippen LogP contribution in [0.25, 0.3) is 0 Å². The van der Waals surface area contributed by atoms with E-state index in [9.17, 15) is 0 Å². The Morgan fingerprint density at radius 2 is 1.09 bits per heavy atom. The fourth-order valence-electron chi connectivity index (χ4n) is 3.24. The molecule has 2 nitrogen and oxygen atoms in total. The maximum absolute atomic E-state index is 2.42. The molecule has 0 saturated heterocycles. The zero-order valence-electron chi connectivity index (χ0n) is 15.8. The van der Waals surface area contributed by atoms with E-state index in [4.69, 9.17) is 0 Å². The van der Waals surface area contributed by atoms with Crippen molar-refractivity contribution in [1.29, 1.82) is 0 Å². The van der Waals surface area contributed by atoms with Gasteiger partial charge in [-0.15, -0.1) is 12.4 Å². The first-order chi connectivity index (χ1) is 10.8. The second-order valence-electron chi connectivity index (χ2n) is 7.11. The van der Waals surface area contributed by atoms with Gasteiger partial charge in [-0.25, -0.2) is 0 Å². The highest BCUT2D eigenvalue weighted by Gasteiger charge is 2.06. The van der Waals surface area contributed by atoms with Crippen LogP contribution in [0, 0.1) is 0 Å². The molecule has 0 fully saturated rings. The molecule has 0 spiro atoms. The highest BCUT2D eigenvalue weighted by molar-refractivity contribution is 5.85. The molecule has 0 amide bonds. The normalized spacial score (nSPS) is 13.7. The van der Waals surface area contributed by atoms with E-state index in [0.29, 0.717) is 0 Å². The standard InChI is InChI=1S/C20H40N2.ClH/c1-3-4-5-6-7-8-9-10-11-12-13-14-15-16-17-22-19-18-21(2)20-22;/h18-19H,3-17,20H2,1-2H3;1H. The van der Waals surface area contributed by atoms with Crippen molar-refractivity contribution in [1.82, 2.24) is 9.80 Å². The summed E-state index contributed by atoms with van der Waals surface area (Å²) in [5.41, 5.74) is 0. The molecule has 0 saturated carbocycles. The van der Waals surface area contributed by atoms with Crippen molar-refractivity contribution in [2.45, 2.75) is 96.8 Å². The number of rotatable bonds is 15. The van der Waals surface area contributed by atoms with Crippen LogP contribution in [0.3, 0.4) is 0 Å². The van der Waals surface area contributed by atoms with E-state index in [-0.39, 0.29) is 12.4 Å². The minimum absolute atomic E-state index is 0. The average molecular weight is 345 g/mol. The molecule has 138 valence electrons. The maximum Gasteiger partial charge on any atom is 0.0890 e. The van der Waals surface area contributed by atoms with Crippen molar-refractivity contribution in [3.8, 4) is 0 Å². The summed E-state index contributed by atoms with van der Waals surface area (Å²) in [5.74, 6) is 0. The number of hydrogen-bond donors (Lipinski definition) is 0. The summed E-state index contributed by atoms with van der Waals surface area (Å²) in [4.78, 5) is 4.66. The van der Waals surface area contributed by atoms with Crippen molar-refractivity contribution in [3.05, 3.63) is 12.4 Å². The molecular weight excluding hydrogens is 304 g/mol.